The maximum atomic E-state index is 11.6. The van der Waals surface area contributed by atoms with Crippen molar-refractivity contribution in [3.05, 3.63) is 18.0 Å². The lowest BCUT2D eigenvalue weighted by molar-refractivity contribution is 0.0633. The molecule has 0 radical (unpaired) electrons. The van der Waals surface area contributed by atoms with Gasteiger partial charge in [-0.15, -0.1) is 0 Å². The van der Waals surface area contributed by atoms with Crippen LogP contribution in [0.15, 0.2) is 12.3 Å². The smallest absolute Gasteiger partial charge is 0.412 e. The van der Waals surface area contributed by atoms with Crippen LogP contribution >= 0.6 is 0 Å². The van der Waals surface area contributed by atoms with Gasteiger partial charge in [-0.2, -0.15) is 0 Å². The number of amides is 1. The van der Waals surface area contributed by atoms with Gasteiger partial charge in [0, 0.05) is 19.3 Å². The Morgan fingerprint density at radius 2 is 2.05 bits per heavy atom. The molecule has 1 rings (SSSR count). The number of carboxylic acid groups (broad SMARTS) is 1. The molecule has 0 aliphatic heterocycles. The number of hydrogen-bond acceptors (Lipinski definition) is 4. The fourth-order valence-corrected chi connectivity index (χ4v) is 1.61. The minimum atomic E-state index is -1.10. The summed E-state index contributed by atoms with van der Waals surface area (Å²) in [5.41, 5.74) is -0.238. The highest BCUT2D eigenvalue weighted by Gasteiger charge is 2.18. The first-order chi connectivity index (χ1) is 9.23. The first kappa shape index (κ1) is 16.0. The van der Waals surface area contributed by atoms with Crippen molar-refractivity contribution in [3.8, 4) is 0 Å². The number of anilines is 1. The number of aromatic carboxylic acids is 1. The van der Waals surface area contributed by atoms with Gasteiger partial charge in [-0.05, 0) is 33.3 Å². The van der Waals surface area contributed by atoms with Crippen LogP contribution in [0.1, 0.15) is 37.7 Å². The lowest BCUT2D eigenvalue weighted by Crippen LogP contribution is -2.27. The number of carbonyl (C=O) groups excluding carboxylic acids is 1. The average molecular weight is 284 g/mol. The van der Waals surface area contributed by atoms with Crippen molar-refractivity contribution < 1.29 is 24.5 Å². The highest BCUT2D eigenvalue weighted by Crippen LogP contribution is 2.16. The third-order valence-electron chi connectivity index (χ3n) is 2.32. The summed E-state index contributed by atoms with van der Waals surface area (Å²) >= 11 is 0. The molecule has 0 fully saturated rings. The molecule has 1 heterocycles. The summed E-state index contributed by atoms with van der Waals surface area (Å²) in [6.45, 7) is 5.53. The predicted octanol–water partition coefficient (Wildman–Crippen LogP) is 1.92. The molecule has 7 heteroatoms. The fourth-order valence-electron chi connectivity index (χ4n) is 1.61. The number of aromatic nitrogens is 1. The summed E-state index contributed by atoms with van der Waals surface area (Å²) in [6.07, 6.45) is 1.29. The van der Waals surface area contributed by atoms with Crippen molar-refractivity contribution in [3.63, 3.8) is 0 Å². The molecular formula is C13H20N2O5. The molecule has 0 bridgehead atoms. The van der Waals surface area contributed by atoms with E-state index in [1.807, 2.05) is 0 Å². The number of aryl methyl sites for hydroxylation is 1. The molecule has 0 aromatic carbocycles. The fraction of sp³-hybridized carbons (Fsp3) is 0.538. The Bertz CT molecular complexity index is 487. The SMILES string of the molecule is CC(C)(C)OC(=O)Nc1cc(C(=O)O)n(CCCO)c1. The Balaban J connectivity index is 2.81. The van der Waals surface area contributed by atoms with Crippen LogP contribution in [-0.4, -0.2) is 39.1 Å². The number of aliphatic hydroxyl groups excluding tert-OH is 1. The maximum Gasteiger partial charge on any atom is 0.412 e. The summed E-state index contributed by atoms with van der Waals surface area (Å²) < 4.78 is 6.55. The molecule has 20 heavy (non-hydrogen) atoms. The Morgan fingerprint density at radius 3 is 2.55 bits per heavy atom. The summed E-state index contributed by atoms with van der Waals surface area (Å²) in [7, 11) is 0. The molecular weight excluding hydrogens is 264 g/mol. The molecule has 0 unspecified atom stereocenters. The second-order valence-electron chi connectivity index (χ2n) is 5.32. The van der Waals surface area contributed by atoms with Crippen molar-refractivity contribution >= 4 is 17.7 Å². The van der Waals surface area contributed by atoms with E-state index in [0.717, 1.165) is 0 Å². The second-order valence-corrected chi connectivity index (χ2v) is 5.32. The van der Waals surface area contributed by atoms with Crippen molar-refractivity contribution in [2.45, 2.75) is 39.3 Å². The summed E-state index contributed by atoms with van der Waals surface area (Å²) in [6, 6.07) is 1.35. The topological polar surface area (TPSA) is 101 Å². The van der Waals surface area contributed by atoms with E-state index in [0.29, 0.717) is 18.7 Å². The van der Waals surface area contributed by atoms with E-state index < -0.39 is 17.7 Å². The Kier molecular flexibility index (Phi) is 5.15. The number of aliphatic hydroxyl groups is 1. The largest absolute Gasteiger partial charge is 0.477 e. The van der Waals surface area contributed by atoms with Crippen LogP contribution in [0, 0.1) is 0 Å². The molecule has 0 atom stereocenters. The van der Waals surface area contributed by atoms with E-state index in [2.05, 4.69) is 5.32 Å². The van der Waals surface area contributed by atoms with Gasteiger partial charge in [-0.25, -0.2) is 9.59 Å². The van der Waals surface area contributed by atoms with Gasteiger partial charge in [0.25, 0.3) is 0 Å². The van der Waals surface area contributed by atoms with Gasteiger partial charge in [0.15, 0.2) is 0 Å². The zero-order valence-electron chi connectivity index (χ0n) is 11.8. The van der Waals surface area contributed by atoms with Gasteiger partial charge < -0.3 is 19.5 Å². The lowest BCUT2D eigenvalue weighted by atomic mass is 10.2. The molecule has 1 aromatic heterocycles. The summed E-state index contributed by atoms with van der Waals surface area (Å²) in [4.78, 5) is 22.7. The quantitative estimate of drug-likeness (QED) is 0.766. The minimum Gasteiger partial charge on any atom is -0.477 e. The maximum absolute atomic E-state index is 11.6. The molecule has 0 saturated carbocycles. The molecule has 0 spiro atoms. The Labute approximate surface area is 117 Å². The molecule has 0 aliphatic rings. The molecule has 112 valence electrons. The van der Waals surface area contributed by atoms with E-state index in [1.165, 1.54) is 16.8 Å². The van der Waals surface area contributed by atoms with E-state index in [9.17, 15) is 9.59 Å². The number of carbonyl (C=O) groups is 2. The second kappa shape index (κ2) is 6.42. The van der Waals surface area contributed by atoms with Crippen LogP contribution in [0.5, 0.6) is 0 Å². The van der Waals surface area contributed by atoms with Crippen molar-refractivity contribution in [1.82, 2.24) is 4.57 Å². The molecule has 3 N–H and O–H groups in total. The van der Waals surface area contributed by atoms with Gasteiger partial charge >= 0.3 is 12.1 Å². The average Bonchev–Trinajstić information content (AvgIpc) is 2.66. The van der Waals surface area contributed by atoms with Crippen LogP contribution in [0.2, 0.25) is 0 Å². The molecule has 0 saturated heterocycles. The number of ether oxygens (including phenoxy) is 1. The van der Waals surface area contributed by atoms with Gasteiger partial charge in [0.05, 0.1) is 5.69 Å². The molecule has 7 nitrogen and oxygen atoms in total. The zero-order chi connectivity index (χ0) is 15.3. The zero-order valence-corrected chi connectivity index (χ0v) is 11.8. The standard InChI is InChI=1S/C13H20N2O5/c1-13(2,3)20-12(19)14-9-7-10(11(17)18)15(8-9)5-4-6-16/h7-8,16H,4-6H2,1-3H3,(H,14,19)(H,17,18). The van der Waals surface area contributed by atoms with E-state index in [1.54, 1.807) is 20.8 Å². The number of rotatable bonds is 5. The third kappa shape index (κ3) is 4.93. The summed E-state index contributed by atoms with van der Waals surface area (Å²) in [5.74, 6) is -1.10. The van der Waals surface area contributed by atoms with Crippen molar-refractivity contribution in [2.24, 2.45) is 0 Å². The summed E-state index contributed by atoms with van der Waals surface area (Å²) in [5, 5.41) is 20.3. The molecule has 1 amide bonds. The minimum absolute atomic E-state index is 0.0356. The normalized spacial score (nSPS) is 11.2. The number of nitrogens with one attached hydrogen (secondary N) is 1. The first-order valence-electron chi connectivity index (χ1n) is 6.27. The number of nitrogens with zero attached hydrogens (tertiary/aromatic N) is 1. The Morgan fingerprint density at radius 1 is 1.40 bits per heavy atom. The van der Waals surface area contributed by atoms with Crippen molar-refractivity contribution in [1.29, 1.82) is 0 Å². The van der Waals surface area contributed by atoms with Gasteiger partial charge in [0.1, 0.15) is 11.3 Å². The van der Waals surface area contributed by atoms with E-state index in [-0.39, 0.29) is 12.3 Å². The highest BCUT2D eigenvalue weighted by atomic mass is 16.6. The van der Waals surface area contributed by atoms with Crippen LogP contribution < -0.4 is 5.32 Å². The number of hydrogen-bond donors (Lipinski definition) is 3. The number of carboxylic acids is 1. The monoisotopic (exact) mass is 284 g/mol. The van der Waals surface area contributed by atoms with Crippen LogP contribution in [0.3, 0.4) is 0 Å². The molecule has 1 aromatic rings. The van der Waals surface area contributed by atoms with Gasteiger partial charge in [-0.1, -0.05) is 0 Å². The van der Waals surface area contributed by atoms with Crippen molar-refractivity contribution in [2.75, 3.05) is 11.9 Å². The van der Waals surface area contributed by atoms with Crippen LogP contribution in [0.4, 0.5) is 10.5 Å². The van der Waals surface area contributed by atoms with Gasteiger partial charge in [0.2, 0.25) is 0 Å². The highest BCUT2D eigenvalue weighted by molar-refractivity contribution is 5.90. The molecule has 0 aliphatic carbocycles. The van der Waals surface area contributed by atoms with Crippen LogP contribution in [-0.2, 0) is 11.3 Å². The Hall–Kier alpha value is -2.02. The first-order valence-corrected chi connectivity index (χ1v) is 6.27. The van der Waals surface area contributed by atoms with Crippen LogP contribution in [0.25, 0.3) is 0 Å². The lowest BCUT2D eigenvalue weighted by Gasteiger charge is -2.19. The third-order valence-corrected chi connectivity index (χ3v) is 2.32. The van der Waals surface area contributed by atoms with E-state index in [4.69, 9.17) is 14.9 Å². The van der Waals surface area contributed by atoms with E-state index >= 15 is 0 Å². The van der Waals surface area contributed by atoms with Gasteiger partial charge in [-0.3, -0.25) is 5.32 Å². The predicted molar refractivity (Wildman–Crippen MR) is 73.0 cm³/mol.